The van der Waals surface area contributed by atoms with Crippen LogP contribution in [0.5, 0.6) is 0 Å². The van der Waals surface area contributed by atoms with E-state index in [4.69, 9.17) is 0 Å². The van der Waals surface area contributed by atoms with Crippen LogP contribution in [0.2, 0.25) is 0 Å². The van der Waals surface area contributed by atoms with Crippen molar-refractivity contribution < 1.29 is 42.2 Å². The van der Waals surface area contributed by atoms with Crippen LogP contribution in [0.4, 0.5) is 0 Å². The molecule has 0 aromatic carbocycles. The Balaban J connectivity index is 0. The molecule has 2 nitrogen and oxygen atoms in total. The Labute approximate surface area is 42.8 Å². The summed E-state index contributed by atoms with van der Waals surface area (Å²) >= 11 is 0. The van der Waals surface area contributed by atoms with Gasteiger partial charge in [-0.25, -0.2) is 0 Å². The molecular formula is H4ClLiO2. The maximum atomic E-state index is 0. The molecule has 0 radical (unpaired) electrons. The summed E-state index contributed by atoms with van der Waals surface area (Å²) < 4.78 is 0. The third-order valence-corrected chi connectivity index (χ3v) is 0. The van der Waals surface area contributed by atoms with Gasteiger partial charge in [-0.15, -0.1) is 0 Å². The number of rotatable bonds is 0. The molecule has 0 aliphatic carbocycles. The fraction of sp³-hybridized carbons (Fsp3) is 0. The minimum absolute atomic E-state index is 0. The summed E-state index contributed by atoms with van der Waals surface area (Å²) in [6.07, 6.45) is 0. The van der Waals surface area contributed by atoms with Gasteiger partial charge in [-0.3, -0.25) is 0 Å². The van der Waals surface area contributed by atoms with Crippen molar-refractivity contribution in [2.24, 2.45) is 0 Å². The van der Waals surface area contributed by atoms with Crippen molar-refractivity contribution in [1.29, 1.82) is 0 Å². The van der Waals surface area contributed by atoms with Gasteiger partial charge in [0.1, 0.15) is 0 Å². The van der Waals surface area contributed by atoms with E-state index in [1.54, 1.807) is 0 Å². The fourth-order valence-corrected chi connectivity index (χ4v) is 0. The summed E-state index contributed by atoms with van der Waals surface area (Å²) in [4.78, 5) is 0. The van der Waals surface area contributed by atoms with Crippen molar-refractivity contribution in [2.45, 2.75) is 0 Å². The van der Waals surface area contributed by atoms with Crippen LogP contribution in [0.3, 0.4) is 0 Å². The first-order chi connectivity index (χ1) is 0. The predicted octanol–water partition coefficient (Wildman–Crippen LogP) is -3.88. The van der Waals surface area contributed by atoms with Crippen molar-refractivity contribution in [1.82, 2.24) is 0 Å². The SMILES string of the molecule is [ClH2+].[Li+].[OH-].[OH-]. The van der Waals surface area contributed by atoms with Crippen LogP contribution in [0.15, 0.2) is 0 Å². The molecule has 0 spiro atoms. The van der Waals surface area contributed by atoms with Crippen molar-refractivity contribution in [3.05, 3.63) is 0 Å². The average molecular weight is 78.4 g/mol. The molecule has 0 aliphatic rings. The van der Waals surface area contributed by atoms with Gasteiger partial charge in [-0.1, -0.05) is 0 Å². The van der Waals surface area contributed by atoms with Crippen molar-refractivity contribution >= 4 is 0 Å². The van der Waals surface area contributed by atoms with Crippen molar-refractivity contribution in [3.63, 3.8) is 0 Å². The van der Waals surface area contributed by atoms with Gasteiger partial charge >= 0.3 is 18.9 Å². The second-order valence-corrected chi connectivity index (χ2v) is 0. The summed E-state index contributed by atoms with van der Waals surface area (Å²) in [5.74, 6) is 0. The van der Waals surface area contributed by atoms with E-state index < -0.39 is 0 Å². The van der Waals surface area contributed by atoms with Gasteiger partial charge in [0.25, 0.3) is 0 Å². The third kappa shape index (κ3) is 14.1. The number of halogens is 1. The number of hydrogen-bond acceptors (Lipinski definition) is 2. The Kier molecular flexibility index (Phi) is 1230. The molecule has 0 aromatic heterocycles. The Bertz CT molecular complexity index is 6.00. The second kappa shape index (κ2) is 46.0. The molecule has 2 N–H and O–H groups in total. The Morgan fingerprint density at radius 3 is 0.750 bits per heavy atom. The van der Waals surface area contributed by atoms with Gasteiger partial charge < -0.3 is 11.0 Å². The predicted molar refractivity (Wildman–Crippen MR) is 6.66 cm³/mol. The molecule has 0 atom stereocenters. The molecule has 0 aliphatic heterocycles. The molecule has 0 fully saturated rings. The molecule has 0 bridgehead atoms. The molecule has 0 saturated heterocycles. The molecule has 24 valence electrons. The quantitative estimate of drug-likeness (QED) is 0.278. The van der Waals surface area contributed by atoms with E-state index in [1.807, 2.05) is 0 Å². The smallest absolute Gasteiger partial charge is 0.870 e. The second-order valence-electron chi connectivity index (χ2n) is 0. The summed E-state index contributed by atoms with van der Waals surface area (Å²) in [7, 11) is 0. The van der Waals surface area contributed by atoms with E-state index in [2.05, 4.69) is 0 Å². The molecule has 0 saturated carbocycles. The fourth-order valence-electron chi connectivity index (χ4n) is 0. The Hall–Kier alpha value is 0.807. The molecule has 4 heteroatoms. The summed E-state index contributed by atoms with van der Waals surface area (Å²) in [5.41, 5.74) is 0. The first-order valence-corrected chi connectivity index (χ1v) is 0. The van der Waals surface area contributed by atoms with Crippen LogP contribution in [0.25, 0.3) is 0 Å². The van der Waals surface area contributed by atoms with Gasteiger partial charge in [0.2, 0.25) is 0 Å². The van der Waals surface area contributed by atoms with Gasteiger partial charge in [-0.2, -0.15) is 0 Å². The minimum atomic E-state index is 0. The average Bonchev–Trinajstić information content (AvgIpc) is 0. The summed E-state index contributed by atoms with van der Waals surface area (Å²) in [6.45, 7) is 0. The Morgan fingerprint density at radius 2 is 0.750 bits per heavy atom. The summed E-state index contributed by atoms with van der Waals surface area (Å²) in [6, 6.07) is 0. The van der Waals surface area contributed by atoms with E-state index >= 15 is 0 Å². The maximum Gasteiger partial charge on any atom is 1.00 e. The zero-order chi connectivity index (χ0) is 0. The molecule has 0 heterocycles. The van der Waals surface area contributed by atoms with E-state index in [-0.39, 0.29) is 42.2 Å². The normalized spacial score (nSPS) is 0. The monoisotopic (exact) mass is 78.0 g/mol. The van der Waals surface area contributed by atoms with Crippen molar-refractivity contribution in [2.75, 3.05) is 0 Å². The van der Waals surface area contributed by atoms with Gasteiger partial charge in [0.05, 0.1) is 12.4 Å². The van der Waals surface area contributed by atoms with Gasteiger partial charge in [0.15, 0.2) is 0 Å². The third-order valence-electron chi connectivity index (χ3n) is 0. The van der Waals surface area contributed by atoms with Crippen LogP contribution in [0.1, 0.15) is 0 Å². The molecule has 0 unspecified atom stereocenters. The van der Waals surface area contributed by atoms with Crippen LogP contribution in [-0.4, -0.2) is 11.0 Å². The molecular weight excluding hydrogens is 74.4 g/mol. The maximum absolute atomic E-state index is 0. The standard InChI is InChI=1S/ClH2.Li.2H2O/h1H2;;2*1H2/q2*+1;;/p-2. The zero-order valence-electron chi connectivity index (χ0n) is 2.34. The van der Waals surface area contributed by atoms with Crippen LogP contribution in [-0.2, 0) is 0 Å². The van der Waals surface area contributed by atoms with E-state index in [9.17, 15) is 0 Å². The van der Waals surface area contributed by atoms with Gasteiger partial charge in [0, 0.05) is 0 Å². The Morgan fingerprint density at radius 1 is 0.750 bits per heavy atom. The topological polar surface area (TPSA) is 60.0 Å². The van der Waals surface area contributed by atoms with E-state index in [0.29, 0.717) is 0 Å². The molecule has 0 aromatic rings. The van der Waals surface area contributed by atoms with E-state index in [0.717, 1.165) is 0 Å². The van der Waals surface area contributed by atoms with Crippen molar-refractivity contribution in [3.8, 4) is 0 Å². The molecule has 0 rings (SSSR count). The summed E-state index contributed by atoms with van der Waals surface area (Å²) in [5, 5.41) is 0. The van der Waals surface area contributed by atoms with Crippen LogP contribution < -0.4 is 18.9 Å². The molecule has 0 amide bonds. The zero-order valence-corrected chi connectivity index (χ0v) is 3.24. The first-order valence-electron chi connectivity index (χ1n) is 0. The van der Waals surface area contributed by atoms with Crippen LogP contribution >= 0.6 is 0 Å². The first kappa shape index (κ1) is 107. The van der Waals surface area contributed by atoms with Crippen LogP contribution in [0, 0.1) is 12.4 Å². The number of hydrogen-bond donors (Lipinski definition) is 0. The largest absolute Gasteiger partial charge is 1.00 e. The van der Waals surface area contributed by atoms with E-state index in [1.165, 1.54) is 0 Å². The minimum Gasteiger partial charge on any atom is -0.870 e. The molecule has 4 heavy (non-hydrogen) atoms. The van der Waals surface area contributed by atoms with Gasteiger partial charge in [-0.05, 0) is 0 Å².